The fourth-order valence-electron chi connectivity index (χ4n) is 2.18. The van der Waals surface area contributed by atoms with E-state index in [1.54, 1.807) is 17.4 Å². The summed E-state index contributed by atoms with van der Waals surface area (Å²) in [6.07, 6.45) is 1.28. The van der Waals surface area contributed by atoms with Crippen molar-refractivity contribution in [2.75, 3.05) is 5.32 Å². The molecule has 3 aromatic rings. The zero-order chi connectivity index (χ0) is 16.4. The first-order valence-corrected chi connectivity index (χ1v) is 7.77. The van der Waals surface area contributed by atoms with Gasteiger partial charge in [0.15, 0.2) is 0 Å². The van der Waals surface area contributed by atoms with Gasteiger partial charge in [-0.05, 0) is 36.9 Å². The number of fused-ring (bicyclic) bond motifs is 1. The standard InChI is InChI=1S/C15H14F2N4OS/c1-8-7-23-14-12(8)13(20-9(2)21-14)19-5-10-3-4-11(6-18-10)22-15(16)17/h3-4,6-7,15H,5H2,1-2H3,(H,19,20,21). The topological polar surface area (TPSA) is 59.9 Å². The van der Waals surface area contributed by atoms with Gasteiger partial charge in [-0.1, -0.05) is 0 Å². The highest BCUT2D eigenvalue weighted by molar-refractivity contribution is 7.17. The van der Waals surface area contributed by atoms with Crippen molar-refractivity contribution in [1.29, 1.82) is 0 Å². The Hall–Kier alpha value is -2.35. The molecule has 8 heteroatoms. The van der Waals surface area contributed by atoms with E-state index in [4.69, 9.17) is 0 Å². The van der Waals surface area contributed by atoms with Crippen molar-refractivity contribution in [3.05, 3.63) is 40.8 Å². The van der Waals surface area contributed by atoms with Crippen LogP contribution in [0.3, 0.4) is 0 Å². The van der Waals surface area contributed by atoms with E-state index < -0.39 is 6.61 Å². The zero-order valence-corrected chi connectivity index (χ0v) is 13.3. The Morgan fingerprint density at radius 1 is 1.26 bits per heavy atom. The van der Waals surface area contributed by atoms with Gasteiger partial charge in [0.1, 0.15) is 22.2 Å². The molecule has 0 amide bonds. The Labute approximate surface area is 135 Å². The normalized spacial score (nSPS) is 11.2. The molecule has 5 nitrogen and oxygen atoms in total. The van der Waals surface area contributed by atoms with Gasteiger partial charge in [0.25, 0.3) is 0 Å². The van der Waals surface area contributed by atoms with Crippen LogP contribution in [0.25, 0.3) is 10.2 Å². The first kappa shape index (κ1) is 15.5. The van der Waals surface area contributed by atoms with Gasteiger partial charge >= 0.3 is 6.61 Å². The molecule has 0 fully saturated rings. The third-order valence-electron chi connectivity index (χ3n) is 3.19. The number of rotatable bonds is 5. The number of halogens is 2. The molecule has 0 aliphatic rings. The summed E-state index contributed by atoms with van der Waals surface area (Å²) in [5.41, 5.74) is 1.81. The van der Waals surface area contributed by atoms with E-state index in [-0.39, 0.29) is 5.75 Å². The van der Waals surface area contributed by atoms with Crippen LogP contribution in [0.1, 0.15) is 17.1 Å². The average molecular weight is 336 g/mol. The molecule has 0 unspecified atom stereocenters. The predicted octanol–water partition coefficient (Wildman–Crippen LogP) is 3.92. The number of aromatic nitrogens is 3. The number of aryl methyl sites for hydroxylation is 2. The molecular weight excluding hydrogens is 322 g/mol. The lowest BCUT2D eigenvalue weighted by Gasteiger charge is -2.09. The Kier molecular flexibility index (Phi) is 4.33. The van der Waals surface area contributed by atoms with E-state index in [1.165, 1.54) is 12.3 Å². The first-order valence-electron chi connectivity index (χ1n) is 6.89. The molecule has 0 spiro atoms. The molecule has 0 aliphatic carbocycles. The maximum atomic E-state index is 12.1. The molecule has 3 heterocycles. The second-order valence-electron chi connectivity index (χ2n) is 4.94. The van der Waals surface area contributed by atoms with Crippen molar-refractivity contribution < 1.29 is 13.5 Å². The molecule has 1 N–H and O–H groups in total. The fraction of sp³-hybridized carbons (Fsp3) is 0.267. The molecular formula is C15H14F2N4OS. The van der Waals surface area contributed by atoms with Gasteiger partial charge in [0.2, 0.25) is 0 Å². The maximum absolute atomic E-state index is 12.1. The summed E-state index contributed by atoms with van der Waals surface area (Å²) in [4.78, 5) is 13.9. The quantitative estimate of drug-likeness (QED) is 0.765. The van der Waals surface area contributed by atoms with E-state index in [0.717, 1.165) is 21.6 Å². The highest BCUT2D eigenvalue weighted by atomic mass is 32.1. The van der Waals surface area contributed by atoms with E-state index in [1.807, 2.05) is 19.2 Å². The van der Waals surface area contributed by atoms with Gasteiger partial charge in [0, 0.05) is 0 Å². The molecule has 120 valence electrons. The molecule has 0 aromatic carbocycles. The minimum atomic E-state index is -2.85. The molecule has 23 heavy (non-hydrogen) atoms. The lowest BCUT2D eigenvalue weighted by molar-refractivity contribution is -0.0500. The van der Waals surface area contributed by atoms with Crippen LogP contribution in [0.2, 0.25) is 0 Å². The van der Waals surface area contributed by atoms with E-state index >= 15 is 0 Å². The molecule has 3 rings (SSSR count). The van der Waals surface area contributed by atoms with Gasteiger partial charge in [-0.3, -0.25) is 4.98 Å². The van der Waals surface area contributed by atoms with Crippen LogP contribution in [0.4, 0.5) is 14.6 Å². The number of hydrogen-bond acceptors (Lipinski definition) is 6. The highest BCUT2D eigenvalue weighted by Crippen LogP contribution is 2.29. The SMILES string of the molecule is Cc1nc(NCc2ccc(OC(F)F)cn2)c2c(C)csc2n1. The van der Waals surface area contributed by atoms with E-state index in [9.17, 15) is 8.78 Å². The Bertz CT molecular complexity index is 820. The van der Waals surface area contributed by atoms with Crippen molar-refractivity contribution in [1.82, 2.24) is 15.0 Å². The van der Waals surface area contributed by atoms with Crippen molar-refractivity contribution in [3.63, 3.8) is 0 Å². The summed E-state index contributed by atoms with van der Waals surface area (Å²) in [5, 5.41) is 6.27. The van der Waals surface area contributed by atoms with Crippen LogP contribution >= 0.6 is 11.3 Å². The average Bonchev–Trinajstić information content (AvgIpc) is 2.87. The number of ether oxygens (including phenoxy) is 1. The van der Waals surface area contributed by atoms with Crippen LogP contribution < -0.4 is 10.1 Å². The predicted molar refractivity (Wildman–Crippen MR) is 85.1 cm³/mol. The summed E-state index contributed by atoms with van der Waals surface area (Å²) in [6, 6.07) is 3.10. The number of anilines is 1. The second-order valence-corrected chi connectivity index (χ2v) is 5.79. The molecule has 0 bridgehead atoms. The molecule has 3 aromatic heterocycles. The van der Waals surface area contributed by atoms with Crippen molar-refractivity contribution in [3.8, 4) is 5.75 Å². The third kappa shape index (κ3) is 3.53. The maximum Gasteiger partial charge on any atom is 0.387 e. The van der Waals surface area contributed by atoms with Crippen molar-refractivity contribution in [2.24, 2.45) is 0 Å². The van der Waals surface area contributed by atoms with Gasteiger partial charge in [-0.25, -0.2) is 9.97 Å². The summed E-state index contributed by atoms with van der Waals surface area (Å²) in [7, 11) is 0. The number of pyridine rings is 1. The van der Waals surface area contributed by atoms with Gasteiger partial charge in [0.05, 0.1) is 23.8 Å². The number of hydrogen-bond donors (Lipinski definition) is 1. The second kappa shape index (κ2) is 6.41. The van der Waals surface area contributed by atoms with Crippen LogP contribution in [0.5, 0.6) is 5.75 Å². The van der Waals surface area contributed by atoms with Crippen LogP contribution in [0.15, 0.2) is 23.7 Å². The molecule has 0 aliphatic heterocycles. The summed E-state index contributed by atoms with van der Waals surface area (Å²) >= 11 is 1.58. The van der Waals surface area contributed by atoms with Gasteiger partial charge in [-0.2, -0.15) is 8.78 Å². The van der Waals surface area contributed by atoms with E-state index in [2.05, 4.69) is 25.0 Å². The van der Waals surface area contributed by atoms with Crippen LogP contribution in [-0.4, -0.2) is 21.6 Å². The number of alkyl halides is 2. The Balaban J connectivity index is 1.77. The fourth-order valence-corrected chi connectivity index (χ4v) is 3.15. The van der Waals surface area contributed by atoms with E-state index in [0.29, 0.717) is 18.1 Å². The first-order chi connectivity index (χ1) is 11.0. The van der Waals surface area contributed by atoms with Gasteiger partial charge in [-0.15, -0.1) is 11.3 Å². The molecule has 0 saturated carbocycles. The minimum Gasteiger partial charge on any atom is -0.433 e. The highest BCUT2D eigenvalue weighted by Gasteiger charge is 2.10. The summed E-state index contributed by atoms with van der Waals surface area (Å²) in [5.74, 6) is 1.48. The van der Waals surface area contributed by atoms with Crippen molar-refractivity contribution in [2.45, 2.75) is 27.0 Å². The van der Waals surface area contributed by atoms with Crippen LogP contribution in [-0.2, 0) is 6.54 Å². The lowest BCUT2D eigenvalue weighted by atomic mass is 10.2. The largest absolute Gasteiger partial charge is 0.433 e. The van der Waals surface area contributed by atoms with Crippen molar-refractivity contribution >= 4 is 27.4 Å². The number of thiophene rings is 1. The monoisotopic (exact) mass is 336 g/mol. The smallest absolute Gasteiger partial charge is 0.387 e. The Morgan fingerprint density at radius 2 is 2.09 bits per heavy atom. The summed E-state index contributed by atoms with van der Waals surface area (Å²) < 4.78 is 28.5. The Morgan fingerprint density at radius 3 is 2.78 bits per heavy atom. The molecule has 0 saturated heterocycles. The van der Waals surface area contributed by atoms with Crippen LogP contribution in [0, 0.1) is 13.8 Å². The minimum absolute atomic E-state index is 0.0395. The number of nitrogens with one attached hydrogen (secondary N) is 1. The molecule has 0 atom stereocenters. The summed E-state index contributed by atoms with van der Waals surface area (Å²) in [6.45, 7) is 1.43. The molecule has 0 radical (unpaired) electrons. The number of nitrogens with zero attached hydrogens (tertiary/aromatic N) is 3. The lowest BCUT2D eigenvalue weighted by Crippen LogP contribution is -2.06. The third-order valence-corrected chi connectivity index (χ3v) is 4.18. The zero-order valence-electron chi connectivity index (χ0n) is 12.5. The van der Waals surface area contributed by atoms with Gasteiger partial charge < -0.3 is 10.1 Å².